The number of carbonyl (C=O) groups excluding carboxylic acids is 4. The molecule has 1 heterocycles. The minimum Gasteiger partial charge on any atom is -0.460 e. The number of benzene rings is 1. The van der Waals surface area contributed by atoms with Gasteiger partial charge in [-0.3, -0.25) is 24.2 Å². The number of barbiturate groups is 1. The fourth-order valence-corrected chi connectivity index (χ4v) is 3.90. The Morgan fingerprint density at radius 2 is 2.00 bits per heavy atom. The first-order valence-corrected chi connectivity index (χ1v) is 9.32. The zero-order valence-corrected chi connectivity index (χ0v) is 15.8. The van der Waals surface area contributed by atoms with Crippen molar-refractivity contribution in [3.05, 3.63) is 34.9 Å². The van der Waals surface area contributed by atoms with Crippen LogP contribution in [0.2, 0.25) is 5.02 Å². The first kappa shape index (κ1) is 19.4. The van der Waals surface area contributed by atoms with E-state index in [4.69, 9.17) is 16.3 Å². The summed E-state index contributed by atoms with van der Waals surface area (Å²) in [5.74, 6) is -1.49. The molecule has 0 aromatic heterocycles. The van der Waals surface area contributed by atoms with Gasteiger partial charge in [0.25, 0.3) is 0 Å². The molecule has 1 aliphatic heterocycles. The van der Waals surface area contributed by atoms with Crippen LogP contribution in [0.1, 0.15) is 38.2 Å². The largest absolute Gasteiger partial charge is 0.460 e. The number of halogens is 1. The van der Waals surface area contributed by atoms with E-state index < -0.39 is 36.0 Å². The number of urea groups is 1. The fraction of sp³-hybridized carbons (Fsp3) is 0.474. The van der Waals surface area contributed by atoms with E-state index in [-0.39, 0.29) is 13.0 Å². The SMILES string of the molecule is CC(=O)O[C@@H]1CCC[C@@H]1N1C(=O)CC(=O)N(CCc2cccc(Cl)c2)C1=O. The third-order valence-electron chi connectivity index (χ3n) is 4.89. The van der Waals surface area contributed by atoms with E-state index in [0.29, 0.717) is 24.3 Å². The Balaban J connectivity index is 1.74. The predicted octanol–water partition coefficient (Wildman–Crippen LogP) is 2.55. The average Bonchev–Trinajstić information content (AvgIpc) is 3.01. The van der Waals surface area contributed by atoms with Crippen molar-refractivity contribution in [2.45, 2.75) is 51.2 Å². The molecule has 2 aliphatic rings. The van der Waals surface area contributed by atoms with Crippen molar-refractivity contribution in [1.29, 1.82) is 0 Å². The molecule has 144 valence electrons. The van der Waals surface area contributed by atoms with Crippen molar-refractivity contribution < 1.29 is 23.9 Å². The number of nitrogens with zero attached hydrogens (tertiary/aromatic N) is 2. The molecule has 2 fully saturated rings. The highest BCUT2D eigenvalue weighted by Crippen LogP contribution is 2.30. The lowest BCUT2D eigenvalue weighted by Crippen LogP contribution is -2.60. The summed E-state index contributed by atoms with van der Waals surface area (Å²) in [6.07, 6.45) is 1.47. The van der Waals surface area contributed by atoms with Gasteiger partial charge in [0.15, 0.2) is 0 Å². The van der Waals surface area contributed by atoms with E-state index in [1.165, 1.54) is 6.92 Å². The summed E-state index contributed by atoms with van der Waals surface area (Å²) in [5.41, 5.74) is 0.894. The lowest BCUT2D eigenvalue weighted by atomic mass is 10.1. The van der Waals surface area contributed by atoms with Crippen molar-refractivity contribution in [1.82, 2.24) is 9.80 Å². The van der Waals surface area contributed by atoms with E-state index in [1.807, 2.05) is 6.07 Å². The van der Waals surface area contributed by atoms with Gasteiger partial charge in [0, 0.05) is 18.5 Å². The highest BCUT2D eigenvalue weighted by atomic mass is 35.5. The fourth-order valence-electron chi connectivity index (χ4n) is 3.69. The minimum absolute atomic E-state index is 0.159. The van der Waals surface area contributed by atoms with Gasteiger partial charge < -0.3 is 4.74 Å². The van der Waals surface area contributed by atoms with Gasteiger partial charge in [-0.1, -0.05) is 23.7 Å². The monoisotopic (exact) mass is 392 g/mol. The van der Waals surface area contributed by atoms with Gasteiger partial charge in [-0.05, 0) is 43.4 Å². The predicted molar refractivity (Wildman–Crippen MR) is 96.9 cm³/mol. The summed E-state index contributed by atoms with van der Waals surface area (Å²) in [7, 11) is 0. The molecule has 7 nitrogen and oxygen atoms in total. The maximum absolute atomic E-state index is 12.9. The van der Waals surface area contributed by atoms with E-state index in [9.17, 15) is 19.2 Å². The summed E-state index contributed by atoms with van der Waals surface area (Å²) in [6, 6.07) is 6.03. The zero-order chi connectivity index (χ0) is 19.6. The highest BCUT2D eigenvalue weighted by Gasteiger charge is 2.46. The Bertz CT molecular complexity index is 781. The van der Waals surface area contributed by atoms with E-state index >= 15 is 0 Å². The Hall–Kier alpha value is -2.41. The van der Waals surface area contributed by atoms with Crippen LogP contribution in [0.5, 0.6) is 0 Å². The molecular weight excluding hydrogens is 372 g/mol. The van der Waals surface area contributed by atoms with Crippen LogP contribution in [-0.2, 0) is 25.5 Å². The lowest BCUT2D eigenvalue weighted by Gasteiger charge is -2.37. The number of carbonyl (C=O) groups is 4. The molecule has 0 N–H and O–H groups in total. The molecule has 8 heteroatoms. The molecule has 1 aliphatic carbocycles. The van der Waals surface area contributed by atoms with E-state index in [1.54, 1.807) is 18.2 Å². The molecule has 0 spiro atoms. The van der Waals surface area contributed by atoms with Crippen LogP contribution in [-0.4, -0.2) is 52.3 Å². The molecule has 1 aromatic carbocycles. The number of imide groups is 2. The van der Waals surface area contributed by atoms with Crippen molar-refractivity contribution in [3.63, 3.8) is 0 Å². The first-order valence-electron chi connectivity index (χ1n) is 8.95. The zero-order valence-electron chi connectivity index (χ0n) is 15.0. The van der Waals surface area contributed by atoms with Crippen LogP contribution in [0.3, 0.4) is 0 Å². The number of ether oxygens (including phenoxy) is 1. The molecule has 27 heavy (non-hydrogen) atoms. The topological polar surface area (TPSA) is 84.0 Å². The van der Waals surface area contributed by atoms with Gasteiger partial charge in [-0.2, -0.15) is 0 Å². The highest BCUT2D eigenvalue weighted by molar-refractivity contribution is 6.30. The van der Waals surface area contributed by atoms with Crippen LogP contribution in [0.25, 0.3) is 0 Å². The first-order chi connectivity index (χ1) is 12.9. The molecular formula is C19H21ClN2O5. The van der Waals surface area contributed by atoms with Crippen LogP contribution in [0.15, 0.2) is 24.3 Å². The van der Waals surface area contributed by atoms with Gasteiger partial charge in [0.05, 0.1) is 6.04 Å². The summed E-state index contributed by atoms with van der Waals surface area (Å²) in [5, 5.41) is 0.579. The molecule has 0 bridgehead atoms. The molecule has 4 amide bonds. The van der Waals surface area contributed by atoms with Crippen LogP contribution >= 0.6 is 11.6 Å². The second-order valence-corrected chi connectivity index (χ2v) is 7.23. The average molecular weight is 393 g/mol. The van der Waals surface area contributed by atoms with Crippen molar-refractivity contribution in [2.75, 3.05) is 6.54 Å². The van der Waals surface area contributed by atoms with Gasteiger partial charge in [-0.25, -0.2) is 4.79 Å². The minimum atomic E-state index is -0.637. The van der Waals surface area contributed by atoms with Gasteiger partial charge in [0.1, 0.15) is 12.5 Å². The molecule has 0 radical (unpaired) electrons. The molecule has 2 atom stereocenters. The normalized spacial score (nSPS) is 23.1. The summed E-state index contributed by atoms with van der Waals surface area (Å²) in [4.78, 5) is 51.1. The molecule has 3 rings (SSSR count). The van der Waals surface area contributed by atoms with Gasteiger partial charge >= 0.3 is 12.0 Å². The second kappa shape index (κ2) is 8.08. The molecule has 1 saturated heterocycles. The number of rotatable bonds is 5. The van der Waals surface area contributed by atoms with E-state index in [2.05, 4.69) is 0 Å². The van der Waals surface area contributed by atoms with Crippen molar-refractivity contribution in [3.8, 4) is 0 Å². The van der Waals surface area contributed by atoms with Crippen molar-refractivity contribution in [2.24, 2.45) is 0 Å². The number of hydrogen-bond acceptors (Lipinski definition) is 5. The Morgan fingerprint density at radius 3 is 2.70 bits per heavy atom. The third-order valence-corrected chi connectivity index (χ3v) is 5.12. The maximum atomic E-state index is 12.9. The maximum Gasteiger partial charge on any atom is 0.333 e. The second-order valence-electron chi connectivity index (χ2n) is 6.79. The van der Waals surface area contributed by atoms with Crippen LogP contribution in [0.4, 0.5) is 4.79 Å². The van der Waals surface area contributed by atoms with E-state index in [0.717, 1.165) is 21.8 Å². The lowest BCUT2D eigenvalue weighted by molar-refractivity contribution is -0.154. The summed E-state index contributed by atoms with van der Waals surface area (Å²) < 4.78 is 5.28. The smallest absolute Gasteiger partial charge is 0.333 e. The Morgan fingerprint density at radius 1 is 1.22 bits per heavy atom. The molecule has 1 aromatic rings. The van der Waals surface area contributed by atoms with Crippen molar-refractivity contribution >= 4 is 35.4 Å². The van der Waals surface area contributed by atoms with Crippen LogP contribution in [0, 0.1) is 0 Å². The third kappa shape index (κ3) is 4.30. The molecule has 1 saturated carbocycles. The summed E-state index contributed by atoms with van der Waals surface area (Å²) >= 11 is 5.97. The van der Waals surface area contributed by atoms with Crippen LogP contribution < -0.4 is 0 Å². The van der Waals surface area contributed by atoms with Gasteiger partial charge in [-0.15, -0.1) is 0 Å². The Labute approximate surface area is 162 Å². The quantitative estimate of drug-likeness (QED) is 0.568. The standard InChI is InChI=1S/C19H21ClN2O5/c1-12(23)27-16-7-3-6-15(16)22-18(25)11-17(24)21(19(22)26)9-8-13-4-2-5-14(20)10-13/h2,4-5,10,15-16H,3,6-9,11H2,1H3/t15-,16+/m0/s1. The summed E-state index contributed by atoms with van der Waals surface area (Å²) in [6.45, 7) is 1.46. The molecule has 0 unspecified atom stereocenters. The number of hydrogen-bond donors (Lipinski definition) is 0. The number of amides is 4. The Kier molecular flexibility index (Phi) is 5.79. The van der Waals surface area contributed by atoms with Gasteiger partial charge in [0.2, 0.25) is 11.8 Å². The number of esters is 1.